The molecule has 0 aromatic heterocycles. The molecule has 0 saturated carbocycles. The summed E-state index contributed by atoms with van der Waals surface area (Å²) in [5.74, 6) is -0.300. The van der Waals surface area contributed by atoms with E-state index in [4.69, 9.17) is 4.74 Å². The quantitative estimate of drug-likeness (QED) is 0.453. The number of rotatable bonds is 6. The van der Waals surface area contributed by atoms with Gasteiger partial charge in [-0.25, -0.2) is 0 Å². The number of nitro benzene ring substituents is 1. The van der Waals surface area contributed by atoms with E-state index in [1.165, 1.54) is 7.11 Å². The molecule has 0 bridgehead atoms. The van der Waals surface area contributed by atoms with Gasteiger partial charge in [0.2, 0.25) is 5.91 Å². The van der Waals surface area contributed by atoms with Crippen molar-refractivity contribution in [3.8, 4) is 5.75 Å². The SMILES string of the molecule is COc1ccccc1SCC(=O)Nc1ccc([N+](=O)[O-])cc1C(F)(F)F. The fourth-order valence-electron chi connectivity index (χ4n) is 2.06. The van der Waals surface area contributed by atoms with Gasteiger partial charge in [-0.2, -0.15) is 13.2 Å². The summed E-state index contributed by atoms with van der Waals surface area (Å²) in [7, 11) is 1.46. The van der Waals surface area contributed by atoms with Crippen molar-refractivity contribution in [2.75, 3.05) is 18.2 Å². The molecule has 0 fully saturated rings. The van der Waals surface area contributed by atoms with E-state index in [9.17, 15) is 28.1 Å². The molecule has 26 heavy (non-hydrogen) atoms. The summed E-state index contributed by atoms with van der Waals surface area (Å²) in [6.07, 6.45) is -4.84. The number of halogens is 3. The average Bonchev–Trinajstić information content (AvgIpc) is 2.59. The van der Waals surface area contributed by atoms with E-state index in [-0.39, 0.29) is 5.75 Å². The van der Waals surface area contributed by atoms with Crippen LogP contribution in [0, 0.1) is 10.1 Å². The highest BCUT2D eigenvalue weighted by Crippen LogP contribution is 2.37. The summed E-state index contributed by atoms with van der Waals surface area (Å²) in [5, 5.41) is 12.8. The molecule has 2 aromatic rings. The van der Waals surface area contributed by atoms with E-state index in [0.29, 0.717) is 16.7 Å². The van der Waals surface area contributed by atoms with Crippen LogP contribution >= 0.6 is 11.8 Å². The Kier molecular flexibility index (Phi) is 6.09. The van der Waals surface area contributed by atoms with Crippen molar-refractivity contribution < 1.29 is 27.6 Å². The number of non-ortho nitro benzene ring substituents is 1. The zero-order valence-electron chi connectivity index (χ0n) is 13.4. The highest BCUT2D eigenvalue weighted by Gasteiger charge is 2.35. The zero-order valence-corrected chi connectivity index (χ0v) is 14.2. The maximum atomic E-state index is 13.1. The second-order valence-corrected chi connectivity index (χ2v) is 5.99. The second kappa shape index (κ2) is 8.09. The van der Waals surface area contributed by atoms with E-state index in [1.54, 1.807) is 24.3 Å². The van der Waals surface area contributed by atoms with Gasteiger partial charge in [-0.1, -0.05) is 12.1 Å². The van der Waals surface area contributed by atoms with Crippen molar-refractivity contribution in [3.05, 3.63) is 58.1 Å². The van der Waals surface area contributed by atoms with Crippen molar-refractivity contribution in [1.29, 1.82) is 0 Å². The van der Waals surface area contributed by atoms with Gasteiger partial charge in [-0.3, -0.25) is 14.9 Å². The Bertz CT molecular complexity index is 827. The van der Waals surface area contributed by atoms with Crippen LogP contribution in [0.3, 0.4) is 0 Å². The van der Waals surface area contributed by atoms with E-state index in [1.807, 2.05) is 0 Å². The summed E-state index contributed by atoms with van der Waals surface area (Å²) >= 11 is 1.09. The molecular formula is C16H13F3N2O4S. The Hall–Kier alpha value is -2.75. The molecule has 6 nitrogen and oxygen atoms in total. The molecular weight excluding hydrogens is 373 g/mol. The molecule has 0 radical (unpaired) electrons. The number of anilines is 1. The summed E-state index contributed by atoms with van der Waals surface area (Å²) in [6, 6.07) is 9.05. The number of benzene rings is 2. The number of methoxy groups -OCH3 is 1. The molecule has 0 saturated heterocycles. The Morgan fingerprint density at radius 3 is 2.58 bits per heavy atom. The van der Waals surface area contributed by atoms with Gasteiger partial charge in [-0.15, -0.1) is 11.8 Å². The molecule has 2 rings (SSSR count). The first-order valence-corrected chi connectivity index (χ1v) is 8.12. The largest absolute Gasteiger partial charge is 0.496 e. The predicted molar refractivity (Wildman–Crippen MR) is 90.4 cm³/mol. The topological polar surface area (TPSA) is 81.5 Å². The highest BCUT2D eigenvalue weighted by molar-refractivity contribution is 8.00. The van der Waals surface area contributed by atoms with Crippen LogP contribution in [-0.2, 0) is 11.0 Å². The number of alkyl halides is 3. The summed E-state index contributed by atoms with van der Waals surface area (Å²) < 4.78 is 44.4. The maximum absolute atomic E-state index is 13.1. The van der Waals surface area contributed by atoms with Crippen LogP contribution in [0.25, 0.3) is 0 Å². The highest BCUT2D eigenvalue weighted by atomic mass is 32.2. The first-order valence-electron chi connectivity index (χ1n) is 7.13. The number of amides is 1. The normalized spacial score (nSPS) is 11.1. The standard InChI is InChI=1S/C16H13F3N2O4S/c1-25-13-4-2-3-5-14(13)26-9-15(22)20-12-7-6-10(21(23)24)8-11(12)16(17,18)19/h2-8H,9H2,1H3,(H,20,22). The number of nitrogens with zero attached hydrogens (tertiary/aromatic N) is 1. The molecule has 2 aromatic carbocycles. The molecule has 0 aliphatic rings. The van der Waals surface area contributed by atoms with Gasteiger partial charge in [0.05, 0.1) is 29.0 Å². The Balaban J connectivity index is 2.14. The minimum Gasteiger partial charge on any atom is -0.496 e. The summed E-state index contributed by atoms with van der Waals surface area (Å²) in [4.78, 5) is 22.4. The number of hydrogen-bond donors (Lipinski definition) is 1. The fourth-order valence-corrected chi connectivity index (χ4v) is 2.88. The molecule has 0 atom stereocenters. The van der Waals surface area contributed by atoms with Crippen molar-refractivity contribution in [1.82, 2.24) is 0 Å². The van der Waals surface area contributed by atoms with Crippen LogP contribution in [-0.4, -0.2) is 23.7 Å². The number of para-hydroxylation sites is 1. The molecule has 0 aliphatic carbocycles. The number of ether oxygens (including phenoxy) is 1. The van der Waals surface area contributed by atoms with E-state index in [0.717, 1.165) is 23.9 Å². The van der Waals surface area contributed by atoms with Crippen molar-refractivity contribution in [2.45, 2.75) is 11.1 Å². The number of nitrogens with one attached hydrogen (secondary N) is 1. The number of carbonyl (C=O) groups is 1. The van der Waals surface area contributed by atoms with Crippen molar-refractivity contribution >= 4 is 29.0 Å². The lowest BCUT2D eigenvalue weighted by Crippen LogP contribution is -2.18. The molecule has 0 unspecified atom stereocenters. The molecule has 0 spiro atoms. The van der Waals surface area contributed by atoms with Crippen LogP contribution in [0.5, 0.6) is 5.75 Å². The minimum atomic E-state index is -4.84. The van der Waals surface area contributed by atoms with Crippen LogP contribution < -0.4 is 10.1 Å². The number of carbonyl (C=O) groups excluding carboxylic acids is 1. The fraction of sp³-hybridized carbons (Fsp3) is 0.188. The maximum Gasteiger partial charge on any atom is 0.418 e. The molecule has 10 heteroatoms. The second-order valence-electron chi connectivity index (χ2n) is 4.97. The number of hydrogen-bond acceptors (Lipinski definition) is 5. The molecule has 138 valence electrons. The third-order valence-corrected chi connectivity index (χ3v) is 4.28. The number of thioether (sulfide) groups is 1. The lowest BCUT2D eigenvalue weighted by Gasteiger charge is -2.14. The third kappa shape index (κ3) is 4.88. The lowest BCUT2D eigenvalue weighted by molar-refractivity contribution is -0.385. The van der Waals surface area contributed by atoms with Gasteiger partial charge in [0.25, 0.3) is 5.69 Å². The van der Waals surface area contributed by atoms with Gasteiger partial charge >= 0.3 is 6.18 Å². The molecule has 0 aliphatic heterocycles. The summed E-state index contributed by atoms with van der Waals surface area (Å²) in [6.45, 7) is 0. The Morgan fingerprint density at radius 2 is 1.96 bits per heavy atom. The Morgan fingerprint density at radius 1 is 1.27 bits per heavy atom. The minimum absolute atomic E-state index is 0.158. The smallest absolute Gasteiger partial charge is 0.418 e. The summed E-state index contributed by atoms with van der Waals surface area (Å²) in [5.41, 5.74) is -2.52. The monoisotopic (exact) mass is 386 g/mol. The van der Waals surface area contributed by atoms with E-state index in [2.05, 4.69) is 5.32 Å². The van der Waals surface area contributed by atoms with Crippen molar-refractivity contribution in [2.24, 2.45) is 0 Å². The zero-order chi connectivity index (χ0) is 19.3. The van der Waals surface area contributed by atoms with E-state index < -0.39 is 33.9 Å². The third-order valence-electron chi connectivity index (χ3n) is 3.22. The predicted octanol–water partition coefficient (Wildman–Crippen LogP) is 4.35. The number of nitro groups is 1. The van der Waals surface area contributed by atoms with Crippen LogP contribution in [0.15, 0.2) is 47.4 Å². The van der Waals surface area contributed by atoms with Crippen LogP contribution in [0.1, 0.15) is 5.56 Å². The van der Waals surface area contributed by atoms with Gasteiger partial charge in [0.1, 0.15) is 5.75 Å². The molecule has 1 amide bonds. The first-order chi connectivity index (χ1) is 12.2. The van der Waals surface area contributed by atoms with Crippen molar-refractivity contribution in [3.63, 3.8) is 0 Å². The van der Waals surface area contributed by atoms with Crippen LogP contribution in [0.2, 0.25) is 0 Å². The lowest BCUT2D eigenvalue weighted by atomic mass is 10.1. The van der Waals surface area contributed by atoms with Gasteiger partial charge in [0.15, 0.2) is 0 Å². The molecule has 0 heterocycles. The Labute approximate surface area is 150 Å². The van der Waals surface area contributed by atoms with Crippen LogP contribution in [0.4, 0.5) is 24.5 Å². The van der Waals surface area contributed by atoms with Gasteiger partial charge < -0.3 is 10.1 Å². The van der Waals surface area contributed by atoms with Gasteiger partial charge in [-0.05, 0) is 18.2 Å². The molecule has 1 N–H and O–H groups in total. The average molecular weight is 386 g/mol. The first kappa shape index (κ1) is 19.6. The van der Waals surface area contributed by atoms with E-state index >= 15 is 0 Å². The van der Waals surface area contributed by atoms with Gasteiger partial charge in [0, 0.05) is 17.0 Å².